The first-order valence-corrected chi connectivity index (χ1v) is 11.3. The predicted molar refractivity (Wildman–Crippen MR) is 126 cm³/mol. The minimum absolute atomic E-state index is 0. The van der Waals surface area contributed by atoms with Crippen molar-refractivity contribution in [1.29, 1.82) is 0 Å². The third-order valence-corrected chi connectivity index (χ3v) is 5.10. The molecule has 2 amide bonds. The molecule has 0 aliphatic carbocycles. The molecule has 0 saturated carbocycles. The summed E-state index contributed by atoms with van der Waals surface area (Å²) in [6, 6.07) is 11.3. The minimum Gasteiger partial charge on any atom is -1.00 e. The van der Waals surface area contributed by atoms with Gasteiger partial charge in [-0.1, -0.05) is 17.3 Å². The first-order valence-electron chi connectivity index (χ1n) is 11.3. The van der Waals surface area contributed by atoms with Crippen LogP contribution in [0.2, 0.25) is 0 Å². The van der Waals surface area contributed by atoms with Gasteiger partial charge in [-0.25, -0.2) is 4.57 Å². The lowest BCUT2D eigenvalue weighted by molar-refractivity contribution is -0.697. The molecule has 0 bridgehead atoms. The van der Waals surface area contributed by atoms with Crippen LogP contribution >= 0.6 is 0 Å². The number of ether oxygens (including phenoxy) is 1. The van der Waals surface area contributed by atoms with Crippen LogP contribution in [-0.2, 0) is 22.7 Å². The largest absolute Gasteiger partial charge is 1.00 e. The average Bonchev–Trinajstić information content (AvgIpc) is 2.79. The number of hydrogen-bond acceptors (Lipinski definition) is 5. The Labute approximate surface area is 212 Å². The molecule has 0 aliphatic rings. The predicted octanol–water partition coefficient (Wildman–Crippen LogP) is -0.0914. The van der Waals surface area contributed by atoms with Crippen LogP contribution in [0.3, 0.4) is 0 Å². The summed E-state index contributed by atoms with van der Waals surface area (Å²) in [4.78, 5) is 26.8. The monoisotopic (exact) mass is 534 g/mol. The molecule has 2 N–H and O–H groups in total. The van der Waals surface area contributed by atoms with Gasteiger partial charge in [-0.05, 0) is 44.4 Å². The third-order valence-electron chi connectivity index (χ3n) is 5.10. The zero-order valence-electron chi connectivity index (χ0n) is 20.1. The summed E-state index contributed by atoms with van der Waals surface area (Å²) in [6.45, 7) is 5.08. The number of hydrogen-bond donors (Lipinski definition) is 2. The smallest absolute Gasteiger partial charge is 0.239 e. The number of nitrogens with zero attached hydrogens (tertiary/aromatic N) is 3. The SMILES string of the molecule is COc1ccc(CN(CC(=O)NC(C)C)C(=O)CCCCC[n+]2ccc(/C=N/O)cc2)cc1.[Br-]. The van der Waals surface area contributed by atoms with E-state index in [4.69, 9.17) is 9.94 Å². The van der Waals surface area contributed by atoms with Gasteiger partial charge in [-0.2, -0.15) is 0 Å². The molecule has 0 aliphatic heterocycles. The molecular formula is C25H35BrN4O4. The van der Waals surface area contributed by atoms with Crippen molar-refractivity contribution >= 4 is 18.0 Å². The number of carbonyl (C=O) groups is 2. The van der Waals surface area contributed by atoms with E-state index in [0.717, 1.165) is 42.7 Å². The van der Waals surface area contributed by atoms with Gasteiger partial charge >= 0.3 is 0 Å². The summed E-state index contributed by atoms with van der Waals surface area (Å²) in [5.74, 6) is 0.575. The summed E-state index contributed by atoms with van der Waals surface area (Å²) in [5, 5.41) is 14.4. The highest BCUT2D eigenvalue weighted by atomic mass is 79.9. The number of benzene rings is 1. The summed E-state index contributed by atoms with van der Waals surface area (Å²) < 4.78 is 7.25. The number of amides is 2. The second-order valence-electron chi connectivity index (χ2n) is 8.24. The summed E-state index contributed by atoms with van der Waals surface area (Å²) in [5.41, 5.74) is 1.78. The van der Waals surface area contributed by atoms with Crippen molar-refractivity contribution in [1.82, 2.24) is 10.2 Å². The minimum atomic E-state index is -0.155. The van der Waals surface area contributed by atoms with Crippen LogP contribution < -0.4 is 31.6 Å². The molecule has 9 heteroatoms. The maximum atomic E-state index is 12.9. The molecule has 8 nitrogen and oxygen atoms in total. The number of oxime groups is 1. The molecule has 0 atom stereocenters. The van der Waals surface area contributed by atoms with E-state index in [9.17, 15) is 9.59 Å². The molecule has 1 heterocycles. The van der Waals surface area contributed by atoms with Gasteiger partial charge in [0.15, 0.2) is 12.4 Å². The van der Waals surface area contributed by atoms with E-state index in [1.165, 1.54) is 6.21 Å². The molecule has 186 valence electrons. The number of halogens is 1. The van der Waals surface area contributed by atoms with Gasteiger partial charge < -0.3 is 37.1 Å². The first kappa shape index (κ1) is 29.1. The van der Waals surface area contributed by atoms with Gasteiger partial charge in [0.2, 0.25) is 11.8 Å². The lowest BCUT2D eigenvalue weighted by Crippen LogP contribution is -3.00. The quantitative estimate of drug-likeness (QED) is 0.123. The molecule has 0 saturated heterocycles. The van der Waals surface area contributed by atoms with Crippen LogP contribution in [0.5, 0.6) is 5.75 Å². The highest BCUT2D eigenvalue weighted by molar-refractivity contribution is 5.84. The number of methoxy groups -OCH3 is 1. The summed E-state index contributed by atoms with van der Waals surface area (Å²) in [7, 11) is 1.61. The normalized spacial score (nSPS) is 10.7. The number of pyridine rings is 1. The lowest BCUT2D eigenvalue weighted by atomic mass is 10.1. The number of nitrogens with one attached hydrogen (secondary N) is 1. The van der Waals surface area contributed by atoms with Crippen LogP contribution in [0.15, 0.2) is 53.9 Å². The number of carbonyl (C=O) groups excluding carboxylic acids is 2. The fourth-order valence-corrected chi connectivity index (χ4v) is 3.40. The standard InChI is InChI=1S/C25H34N4O4.BrH/c1-20(2)27-24(30)19-29(18-22-8-10-23(33-3)11-9-22)25(31)7-5-4-6-14-28-15-12-21(13-16-28)17-26-32;/h8-13,15-17,20H,4-7,14,18-19H2,1-3H3,(H,27,30);1H. The van der Waals surface area contributed by atoms with Gasteiger partial charge in [0.1, 0.15) is 12.3 Å². The van der Waals surface area contributed by atoms with Gasteiger partial charge in [0.05, 0.1) is 19.9 Å². The second-order valence-corrected chi connectivity index (χ2v) is 8.24. The molecular weight excluding hydrogens is 500 g/mol. The Kier molecular flexibility index (Phi) is 13.5. The maximum Gasteiger partial charge on any atom is 0.239 e. The van der Waals surface area contributed by atoms with Crippen LogP contribution in [0.4, 0.5) is 0 Å². The van der Waals surface area contributed by atoms with Gasteiger partial charge in [0.25, 0.3) is 0 Å². The number of aromatic nitrogens is 1. The van der Waals surface area contributed by atoms with Crippen LogP contribution in [0.25, 0.3) is 0 Å². The van der Waals surface area contributed by atoms with Gasteiger partial charge in [0, 0.05) is 43.1 Å². The van der Waals surface area contributed by atoms with E-state index in [1.54, 1.807) is 12.0 Å². The van der Waals surface area contributed by atoms with Crippen LogP contribution in [-0.4, -0.2) is 47.8 Å². The van der Waals surface area contributed by atoms with Crippen molar-refractivity contribution in [2.75, 3.05) is 13.7 Å². The third kappa shape index (κ3) is 10.8. The van der Waals surface area contributed by atoms with E-state index in [2.05, 4.69) is 15.0 Å². The lowest BCUT2D eigenvalue weighted by Gasteiger charge is -2.23. The van der Waals surface area contributed by atoms with E-state index < -0.39 is 0 Å². The van der Waals surface area contributed by atoms with Crippen molar-refractivity contribution in [2.45, 2.75) is 58.7 Å². The summed E-state index contributed by atoms with van der Waals surface area (Å²) >= 11 is 0. The Bertz CT molecular complexity index is 902. The highest BCUT2D eigenvalue weighted by Crippen LogP contribution is 2.14. The van der Waals surface area contributed by atoms with E-state index in [-0.39, 0.29) is 41.4 Å². The first-order chi connectivity index (χ1) is 15.9. The molecule has 0 spiro atoms. The molecule has 34 heavy (non-hydrogen) atoms. The van der Waals surface area contributed by atoms with Crippen molar-refractivity contribution in [3.05, 3.63) is 59.9 Å². The topological polar surface area (TPSA) is 95.1 Å². The Morgan fingerprint density at radius 1 is 1.12 bits per heavy atom. The maximum absolute atomic E-state index is 12.9. The average molecular weight is 535 g/mol. The van der Waals surface area contributed by atoms with Crippen molar-refractivity contribution in [3.8, 4) is 5.75 Å². The van der Waals surface area contributed by atoms with Gasteiger partial charge in [-0.15, -0.1) is 0 Å². The number of unbranched alkanes of at least 4 members (excludes halogenated alkanes) is 2. The van der Waals surface area contributed by atoms with Crippen molar-refractivity contribution < 1.29 is 41.1 Å². The van der Waals surface area contributed by atoms with E-state index in [0.29, 0.717) is 13.0 Å². The number of aryl methyl sites for hydroxylation is 1. The van der Waals surface area contributed by atoms with Crippen molar-refractivity contribution in [2.24, 2.45) is 5.16 Å². The molecule has 2 aromatic rings. The Morgan fingerprint density at radius 3 is 2.38 bits per heavy atom. The van der Waals surface area contributed by atoms with E-state index >= 15 is 0 Å². The number of rotatable bonds is 13. The molecule has 1 aromatic carbocycles. The molecule has 1 aromatic heterocycles. The summed E-state index contributed by atoms with van der Waals surface area (Å²) in [6.07, 6.45) is 8.28. The van der Waals surface area contributed by atoms with Crippen molar-refractivity contribution in [3.63, 3.8) is 0 Å². The Morgan fingerprint density at radius 2 is 1.79 bits per heavy atom. The van der Waals surface area contributed by atoms with E-state index in [1.807, 2.05) is 62.6 Å². The Hall–Kier alpha value is -2.94. The fourth-order valence-electron chi connectivity index (χ4n) is 3.40. The Balaban J connectivity index is 0.00000578. The molecule has 2 rings (SSSR count). The fraction of sp³-hybridized carbons (Fsp3) is 0.440. The zero-order valence-corrected chi connectivity index (χ0v) is 21.7. The zero-order chi connectivity index (χ0) is 24.1. The van der Waals surface area contributed by atoms with Crippen LogP contribution in [0, 0.1) is 0 Å². The second kappa shape index (κ2) is 15.8. The van der Waals surface area contributed by atoms with Crippen LogP contribution in [0.1, 0.15) is 50.7 Å². The molecule has 0 unspecified atom stereocenters. The molecule has 0 radical (unpaired) electrons. The highest BCUT2D eigenvalue weighted by Gasteiger charge is 2.18. The van der Waals surface area contributed by atoms with Gasteiger partial charge in [-0.3, -0.25) is 9.59 Å². The molecule has 0 fully saturated rings.